The first kappa shape index (κ1) is 52.9. The molecule has 0 bridgehead atoms. The third-order valence-electron chi connectivity index (χ3n) is 9.08. The predicted molar refractivity (Wildman–Crippen MR) is 225 cm³/mol. The van der Waals surface area contributed by atoms with E-state index >= 15 is 0 Å². The number of ether oxygens (including phenoxy) is 1. The number of carboxylic acid groups (broad SMARTS) is 3. The summed E-state index contributed by atoms with van der Waals surface area (Å²) in [5.74, 6) is -2.62. The molecule has 5 N–H and O–H groups in total. The zero-order valence-electron chi connectivity index (χ0n) is 36.0. The number of esters is 1. The Bertz CT molecular complexity index is 1560. The molecule has 0 fully saturated rings. The number of nitrogens with zero attached hydrogens (tertiary/aromatic N) is 2. The Balaban J connectivity index is 0.000000939. The fourth-order valence-corrected chi connectivity index (χ4v) is 5.13. The van der Waals surface area contributed by atoms with Gasteiger partial charge in [-0.3, -0.25) is 33.8 Å². The topological polar surface area (TPSA) is 203 Å². The van der Waals surface area contributed by atoms with Crippen LogP contribution in [0.2, 0.25) is 0 Å². The van der Waals surface area contributed by atoms with Crippen molar-refractivity contribution < 1.29 is 48.8 Å². The number of carbonyl (C=O) groups is 6. The van der Waals surface area contributed by atoms with Crippen LogP contribution >= 0.6 is 0 Å². The van der Waals surface area contributed by atoms with E-state index in [9.17, 15) is 28.8 Å². The fraction of sp³-hybridized carbons (Fsp3) is 0.545. The van der Waals surface area contributed by atoms with E-state index in [0.717, 1.165) is 30.4 Å². The summed E-state index contributed by atoms with van der Waals surface area (Å²) in [5, 5.41) is 32.2. The van der Waals surface area contributed by atoms with Gasteiger partial charge in [0, 0.05) is 30.6 Å². The van der Waals surface area contributed by atoms with Gasteiger partial charge in [-0.15, -0.1) is 0 Å². The Labute approximate surface area is 345 Å². The molecule has 3 atom stereocenters. The van der Waals surface area contributed by atoms with Crippen LogP contribution in [0.3, 0.4) is 0 Å². The zero-order valence-corrected chi connectivity index (χ0v) is 36.0. The number of rotatable bonds is 23. The van der Waals surface area contributed by atoms with Crippen molar-refractivity contribution in [3.8, 4) is 0 Å². The molecule has 2 aromatic rings. The van der Waals surface area contributed by atoms with Crippen molar-refractivity contribution in [3.63, 3.8) is 0 Å². The van der Waals surface area contributed by atoms with Gasteiger partial charge in [-0.2, -0.15) is 0 Å². The number of nitrogens with one attached hydrogen (secondary N) is 2. The van der Waals surface area contributed by atoms with Gasteiger partial charge in [-0.1, -0.05) is 96.7 Å². The van der Waals surface area contributed by atoms with Crippen LogP contribution in [0.5, 0.6) is 0 Å². The van der Waals surface area contributed by atoms with Crippen LogP contribution in [-0.4, -0.2) is 106 Å². The van der Waals surface area contributed by atoms with Crippen molar-refractivity contribution in [2.24, 2.45) is 5.92 Å². The molecule has 58 heavy (non-hydrogen) atoms. The molecule has 2 aromatic carbocycles. The highest BCUT2D eigenvalue weighted by atomic mass is 16.5. The molecule has 0 aliphatic rings. The van der Waals surface area contributed by atoms with Crippen LogP contribution in [0.4, 0.5) is 0 Å². The van der Waals surface area contributed by atoms with E-state index < -0.39 is 23.9 Å². The highest BCUT2D eigenvalue weighted by molar-refractivity contribution is 5.87. The van der Waals surface area contributed by atoms with Gasteiger partial charge < -0.3 is 30.7 Å². The van der Waals surface area contributed by atoms with Crippen LogP contribution in [0, 0.1) is 5.92 Å². The molecule has 0 spiro atoms. The molecular formula is C44H68N4O10. The van der Waals surface area contributed by atoms with E-state index in [0.29, 0.717) is 30.5 Å². The summed E-state index contributed by atoms with van der Waals surface area (Å²) >= 11 is 0. The molecule has 0 radical (unpaired) electrons. The molecule has 3 unspecified atom stereocenters. The molecule has 0 saturated carbocycles. The third kappa shape index (κ3) is 24.5. The van der Waals surface area contributed by atoms with Gasteiger partial charge in [0.25, 0.3) is 0 Å². The molecule has 0 aliphatic carbocycles. The molecule has 324 valence electrons. The number of carboxylic acids is 3. The van der Waals surface area contributed by atoms with E-state index in [1.54, 1.807) is 11.8 Å². The summed E-state index contributed by atoms with van der Waals surface area (Å²) in [5.41, 5.74) is 4.62. The average molecular weight is 813 g/mol. The second-order valence-corrected chi connectivity index (χ2v) is 14.8. The number of aliphatic carboxylic acids is 3. The number of benzene rings is 2. The lowest BCUT2D eigenvalue weighted by Crippen LogP contribution is -2.40. The maximum atomic E-state index is 12.1. The molecule has 14 nitrogen and oxygen atoms in total. The Morgan fingerprint density at radius 3 is 1.38 bits per heavy atom. The Morgan fingerprint density at radius 2 is 1.05 bits per heavy atom. The van der Waals surface area contributed by atoms with Crippen molar-refractivity contribution in [1.29, 1.82) is 0 Å². The average Bonchev–Trinajstić information content (AvgIpc) is 3.15. The first-order valence-electron chi connectivity index (χ1n) is 19.9. The lowest BCUT2D eigenvalue weighted by Gasteiger charge is -2.20. The Hall–Kier alpha value is -5.08. The van der Waals surface area contributed by atoms with Gasteiger partial charge in [0.2, 0.25) is 11.8 Å². The molecule has 2 amide bonds. The van der Waals surface area contributed by atoms with E-state index in [1.165, 1.54) is 16.0 Å². The third-order valence-corrected chi connectivity index (χ3v) is 9.08. The summed E-state index contributed by atoms with van der Waals surface area (Å²) in [4.78, 5) is 69.9. The van der Waals surface area contributed by atoms with Gasteiger partial charge in [0.1, 0.15) is 6.61 Å². The largest absolute Gasteiger partial charge is 0.480 e. The molecule has 0 heterocycles. The highest BCUT2D eigenvalue weighted by Gasteiger charge is 2.16. The molecule has 14 heteroatoms. The quantitative estimate of drug-likeness (QED) is 0.0495. The van der Waals surface area contributed by atoms with Gasteiger partial charge in [0.05, 0.1) is 32.7 Å². The number of carbonyl (C=O) groups excluding carboxylic acids is 3. The van der Waals surface area contributed by atoms with Gasteiger partial charge in [-0.25, -0.2) is 4.79 Å². The van der Waals surface area contributed by atoms with Crippen LogP contribution in [0.1, 0.15) is 116 Å². The molecule has 0 aromatic heterocycles. The second-order valence-electron chi connectivity index (χ2n) is 14.8. The maximum absolute atomic E-state index is 12.1. The summed E-state index contributed by atoms with van der Waals surface area (Å²) in [6.45, 7) is 21.5. The number of amides is 2. The van der Waals surface area contributed by atoms with Crippen molar-refractivity contribution in [2.45, 2.75) is 113 Å². The summed E-state index contributed by atoms with van der Waals surface area (Å²) in [6.07, 6.45) is 3.02. The Kier molecular flexibility index (Phi) is 26.6. The Morgan fingerprint density at radius 1 is 0.655 bits per heavy atom. The van der Waals surface area contributed by atoms with Crippen LogP contribution < -0.4 is 10.6 Å². The highest BCUT2D eigenvalue weighted by Crippen LogP contribution is 2.20. The zero-order chi connectivity index (χ0) is 44.4. The minimum Gasteiger partial charge on any atom is -0.480 e. The summed E-state index contributed by atoms with van der Waals surface area (Å²) in [7, 11) is 0. The molecule has 0 saturated heterocycles. The monoisotopic (exact) mass is 812 g/mol. The van der Waals surface area contributed by atoms with E-state index in [-0.39, 0.29) is 63.1 Å². The van der Waals surface area contributed by atoms with Crippen LogP contribution in [0.25, 0.3) is 0 Å². The lowest BCUT2D eigenvalue weighted by molar-refractivity contribution is -0.142. The van der Waals surface area contributed by atoms with Gasteiger partial charge >= 0.3 is 23.9 Å². The summed E-state index contributed by atoms with van der Waals surface area (Å²) < 4.78 is 4.90. The molecular weight excluding hydrogens is 745 g/mol. The fourth-order valence-electron chi connectivity index (χ4n) is 5.13. The van der Waals surface area contributed by atoms with Crippen LogP contribution in [-0.2, 0) is 46.6 Å². The van der Waals surface area contributed by atoms with Crippen molar-refractivity contribution in [2.75, 3.05) is 39.3 Å². The maximum Gasteiger partial charge on any atom is 0.333 e. The van der Waals surface area contributed by atoms with Gasteiger partial charge in [0.15, 0.2) is 0 Å². The van der Waals surface area contributed by atoms with E-state index in [2.05, 4.69) is 44.9 Å². The van der Waals surface area contributed by atoms with E-state index in [4.69, 9.17) is 20.1 Å². The second kappa shape index (κ2) is 29.2. The van der Waals surface area contributed by atoms with Crippen molar-refractivity contribution in [3.05, 3.63) is 82.9 Å². The SMILES string of the molecule is C=C(C)C(=O)OCCNC(=O)CN(CC(=O)O)Cc1ccc(C(C)CC)cc1.CCC(C)C(=O)NC(C)C.CCC(C)c1ccc(CN(CC(=O)O)CC(=O)O)cc1. The lowest BCUT2D eigenvalue weighted by atomic mass is 9.97. The van der Waals surface area contributed by atoms with E-state index in [1.807, 2.05) is 76.2 Å². The normalized spacial score (nSPS) is 12.2. The van der Waals surface area contributed by atoms with Gasteiger partial charge in [-0.05, 0) is 74.1 Å². The number of hydrogen-bond acceptors (Lipinski definition) is 9. The summed E-state index contributed by atoms with van der Waals surface area (Å²) in [6, 6.07) is 16.2. The molecule has 0 aliphatic heterocycles. The predicted octanol–water partition coefficient (Wildman–Crippen LogP) is 6.05. The first-order valence-corrected chi connectivity index (χ1v) is 19.9. The first-order chi connectivity index (χ1) is 27.2. The molecule has 2 rings (SSSR count). The standard InChI is InChI=1S/C21H30N2O5.C15H21NO4.C8H17NO/c1-5-16(4)18-8-6-17(7-9-18)12-23(14-20(25)26)13-19(24)22-10-11-28-21(27)15(2)3;1-3-11(2)13-6-4-12(5-7-13)8-16(9-14(17)18)10-15(19)20;1-5-7(4)8(10)9-6(2)3/h6-9,16H,2,5,10-14H2,1,3-4H3,(H,22,24)(H,25,26);4-7,11H,3,8-10H2,1-2H3,(H,17,18)(H,19,20);6-7H,5H2,1-4H3,(H,9,10). The minimum absolute atomic E-state index is 0.0352. The van der Waals surface area contributed by atoms with Crippen molar-refractivity contribution >= 4 is 35.7 Å². The van der Waals surface area contributed by atoms with Crippen LogP contribution in [0.15, 0.2) is 60.7 Å². The smallest absolute Gasteiger partial charge is 0.333 e. The number of hydrogen-bond donors (Lipinski definition) is 5. The van der Waals surface area contributed by atoms with Crippen molar-refractivity contribution in [1.82, 2.24) is 20.4 Å². The minimum atomic E-state index is -1.03.